The molecule has 0 bridgehead atoms. The first-order valence-electron chi connectivity index (χ1n) is 7.01. The molecule has 0 N–H and O–H groups in total. The predicted molar refractivity (Wildman–Crippen MR) is 80.3 cm³/mol. The molecule has 1 rings (SSSR count). The molecule has 1 aromatic rings. The second-order valence-electron chi connectivity index (χ2n) is 5.14. The van der Waals surface area contributed by atoms with Crippen LogP contribution in [0, 0.1) is 0 Å². The first-order valence-corrected chi connectivity index (χ1v) is 7.01. The summed E-state index contributed by atoms with van der Waals surface area (Å²) in [6, 6.07) is 9.60. The van der Waals surface area contributed by atoms with Gasteiger partial charge in [-0.1, -0.05) is 30.3 Å². The second-order valence-corrected chi connectivity index (χ2v) is 5.14. The van der Waals surface area contributed by atoms with Gasteiger partial charge < -0.3 is 18.8 Å². The van der Waals surface area contributed by atoms with Crippen molar-refractivity contribution in [1.82, 2.24) is 0 Å². The maximum atomic E-state index is 5.87. The molecule has 112 valence electrons. The minimum Gasteiger partial charge on any atom is -0.407 e. The fourth-order valence-corrected chi connectivity index (χ4v) is 1.83. The Balaban J connectivity index is 2.91. The highest BCUT2D eigenvalue weighted by Crippen LogP contribution is 2.23. The van der Waals surface area contributed by atoms with Crippen LogP contribution in [0.5, 0.6) is 0 Å². The van der Waals surface area contributed by atoms with Crippen LogP contribution < -0.4 is 0 Å². The minimum atomic E-state index is -0.465. The van der Waals surface area contributed by atoms with Crippen molar-refractivity contribution < 1.29 is 18.8 Å². The zero-order chi connectivity index (χ0) is 15.0. The lowest BCUT2D eigenvalue weighted by atomic mass is 9.75. The lowest BCUT2D eigenvalue weighted by molar-refractivity contribution is -0.0639. The van der Waals surface area contributed by atoms with E-state index >= 15 is 0 Å². The van der Waals surface area contributed by atoms with Crippen LogP contribution in [-0.2, 0) is 18.8 Å². The molecule has 0 aromatic heterocycles. The van der Waals surface area contributed by atoms with Crippen molar-refractivity contribution in [3.05, 3.63) is 35.9 Å². The normalized spacial score (nSPS) is 12.9. The SMILES string of the molecule is COCOC(B(OC(C)C)OC(C)C)c1ccccc1. The molecule has 20 heavy (non-hydrogen) atoms. The summed E-state index contributed by atoms with van der Waals surface area (Å²) >= 11 is 0. The van der Waals surface area contributed by atoms with Gasteiger partial charge in [0.25, 0.3) is 0 Å². The molecule has 0 aliphatic rings. The average molecular weight is 280 g/mol. The molecule has 1 atom stereocenters. The third-order valence-corrected chi connectivity index (χ3v) is 2.55. The fourth-order valence-electron chi connectivity index (χ4n) is 1.83. The van der Waals surface area contributed by atoms with Crippen molar-refractivity contribution in [3.8, 4) is 0 Å². The summed E-state index contributed by atoms with van der Waals surface area (Å²) in [6.07, 6.45) is 0.104. The van der Waals surface area contributed by atoms with E-state index < -0.39 is 7.12 Å². The Morgan fingerprint density at radius 1 is 0.950 bits per heavy atom. The Morgan fingerprint density at radius 3 is 1.95 bits per heavy atom. The summed E-state index contributed by atoms with van der Waals surface area (Å²) in [6.45, 7) is 8.12. The number of hydrogen-bond acceptors (Lipinski definition) is 4. The highest BCUT2D eigenvalue weighted by atomic mass is 16.7. The molecule has 0 amide bonds. The zero-order valence-corrected chi connectivity index (χ0v) is 13.0. The van der Waals surface area contributed by atoms with Crippen molar-refractivity contribution in [2.24, 2.45) is 0 Å². The summed E-state index contributed by atoms with van der Waals surface area (Å²) in [5, 5.41) is 0. The smallest absolute Gasteiger partial charge is 0.407 e. The van der Waals surface area contributed by atoms with E-state index in [1.807, 2.05) is 58.0 Å². The van der Waals surface area contributed by atoms with Gasteiger partial charge in [-0.15, -0.1) is 0 Å². The molecule has 0 heterocycles. The molecule has 5 heteroatoms. The third-order valence-electron chi connectivity index (χ3n) is 2.55. The van der Waals surface area contributed by atoms with Crippen molar-refractivity contribution in [2.75, 3.05) is 13.9 Å². The molecule has 0 aliphatic carbocycles. The molecule has 4 nitrogen and oxygen atoms in total. The van der Waals surface area contributed by atoms with Crippen molar-refractivity contribution >= 4 is 7.12 Å². The maximum absolute atomic E-state index is 5.87. The summed E-state index contributed by atoms with van der Waals surface area (Å²) in [5.74, 6) is 0. The van der Waals surface area contributed by atoms with Gasteiger partial charge in [-0.3, -0.25) is 0 Å². The summed E-state index contributed by atoms with van der Waals surface area (Å²) in [5.41, 5.74) is 1.01. The Hall–Kier alpha value is -0.875. The molecule has 0 aliphatic heterocycles. The summed E-state index contributed by atoms with van der Waals surface area (Å²) < 4.78 is 22.5. The Kier molecular flexibility index (Phi) is 7.84. The van der Waals surface area contributed by atoms with E-state index in [1.165, 1.54) is 0 Å². The van der Waals surface area contributed by atoms with E-state index in [0.717, 1.165) is 5.56 Å². The fraction of sp³-hybridized carbons (Fsp3) is 0.600. The van der Waals surface area contributed by atoms with Crippen LogP contribution in [-0.4, -0.2) is 33.2 Å². The van der Waals surface area contributed by atoms with Gasteiger partial charge in [-0.25, -0.2) is 0 Å². The lowest BCUT2D eigenvalue weighted by Gasteiger charge is -2.27. The number of hydrogen-bond donors (Lipinski definition) is 0. The Bertz CT molecular complexity index is 346. The lowest BCUT2D eigenvalue weighted by Crippen LogP contribution is -2.37. The van der Waals surface area contributed by atoms with Crippen LogP contribution in [0.4, 0.5) is 0 Å². The molecule has 0 spiro atoms. The largest absolute Gasteiger partial charge is 0.493 e. The van der Waals surface area contributed by atoms with E-state index in [1.54, 1.807) is 7.11 Å². The molecular formula is C15H25BO4. The quantitative estimate of drug-likeness (QED) is 0.514. The first kappa shape index (κ1) is 17.2. The topological polar surface area (TPSA) is 36.9 Å². The monoisotopic (exact) mass is 280 g/mol. The third kappa shape index (κ3) is 6.05. The van der Waals surface area contributed by atoms with Gasteiger partial charge in [0.05, 0.1) is 0 Å². The van der Waals surface area contributed by atoms with E-state index in [2.05, 4.69) is 0 Å². The van der Waals surface area contributed by atoms with Crippen LogP contribution in [0.1, 0.15) is 39.3 Å². The van der Waals surface area contributed by atoms with Gasteiger partial charge in [0.2, 0.25) is 0 Å². The zero-order valence-electron chi connectivity index (χ0n) is 13.0. The molecule has 1 aromatic carbocycles. The van der Waals surface area contributed by atoms with E-state index in [4.69, 9.17) is 18.8 Å². The van der Waals surface area contributed by atoms with Crippen LogP contribution >= 0.6 is 0 Å². The van der Waals surface area contributed by atoms with Gasteiger partial charge in [0.1, 0.15) is 12.8 Å². The average Bonchev–Trinajstić information content (AvgIpc) is 2.39. The summed E-state index contributed by atoms with van der Waals surface area (Å²) in [4.78, 5) is 0. The Labute approximate surface area is 122 Å². The standard InChI is InChI=1S/C15H25BO4/c1-12(2)19-16(20-13(3)4)15(18-11-17-5)14-9-7-6-8-10-14/h6-10,12-13,15H,11H2,1-5H3. The van der Waals surface area contributed by atoms with Crippen LogP contribution in [0.3, 0.4) is 0 Å². The van der Waals surface area contributed by atoms with Crippen molar-refractivity contribution in [2.45, 2.75) is 45.9 Å². The molecule has 0 radical (unpaired) electrons. The molecule has 1 unspecified atom stereocenters. The molecule has 0 saturated heterocycles. The van der Waals surface area contributed by atoms with Gasteiger partial charge in [0.15, 0.2) is 0 Å². The molecule has 0 fully saturated rings. The van der Waals surface area contributed by atoms with Crippen molar-refractivity contribution in [1.29, 1.82) is 0 Å². The van der Waals surface area contributed by atoms with Gasteiger partial charge in [-0.05, 0) is 33.3 Å². The van der Waals surface area contributed by atoms with Crippen LogP contribution in [0.2, 0.25) is 0 Å². The van der Waals surface area contributed by atoms with E-state index in [9.17, 15) is 0 Å². The van der Waals surface area contributed by atoms with E-state index in [0.29, 0.717) is 0 Å². The molecule has 0 saturated carbocycles. The highest BCUT2D eigenvalue weighted by molar-refractivity contribution is 6.46. The first-order chi connectivity index (χ1) is 9.54. The minimum absolute atomic E-state index is 0.0520. The Morgan fingerprint density at radius 2 is 1.50 bits per heavy atom. The summed E-state index contributed by atoms with van der Waals surface area (Å²) in [7, 11) is 1.14. The highest BCUT2D eigenvalue weighted by Gasteiger charge is 2.34. The number of rotatable bonds is 9. The number of benzene rings is 1. The van der Waals surface area contributed by atoms with Crippen molar-refractivity contribution in [3.63, 3.8) is 0 Å². The van der Waals surface area contributed by atoms with Gasteiger partial charge in [-0.2, -0.15) is 0 Å². The number of methoxy groups -OCH3 is 1. The van der Waals surface area contributed by atoms with E-state index in [-0.39, 0.29) is 25.0 Å². The number of ether oxygens (including phenoxy) is 2. The van der Waals surface area contributed by atoms with Gasteiger partial charge >= 0.3 is 7.12 Å². The van der Waals surface area contributed by atoms with Gasteiger partial charge in [0, 0.05) is 19.3 Å². The van der Waals surface area contributed by atoms with Crippen LogP contribution in [0.25, 0.3) is 0 Å². The molecular weight excluding hydrogens is 255 g/mol. The second kappa shape index (κ2) is 9.13. The maximum Gasteiger partial charge on any atom is 0.493 e. The predicted octanol–water partition coefficient (Wildman–Crippen LogP) is 3.23. The van der Waals surface area contributed by atoms with Crippen LogP contribution in [0.15, 0.2) is 30.3 Å².